The van der Waals surface area contributed by atoms with Gasteiger partial charge in [-0.25, -0.2) is 0 Å². The van der Waals surface area contributed by atoms with Gasteiger partial charge in [0.1, 0.15) is 5.75 Å². The molecule has 5 heteroatoms. The standard InChI is InChI=1S/C17H15BrN2O2/c1-2-15(21-14-6-4-3-5-7-14)17-20-19-16(22-17)12-8-10-13(18)11-9-12/h3-11,15H,2H2,1H3. The molecule has 0 bridgehead atoms. The van der Waals surface area contributed by atoms with Gasteiger partial charge in [-0.05, 0) is 42.8 Å². The van der Waals surface area contributed by atoms with Crippen LogP contribution in [0, 0.1) is 0 Å². The van der Waals surface area contributed by atoms with Gasteiger partial charge in [-0.2, -0.15) is 0 Å². The number of halogens is 1. The van der Waals surface area contributed by atoms with Crippen LogP contribution in [0.5, 0.6) is 5.75 Å². The van der Waals surface area contributed by atoms with Gasteiger partial charge in [-0.1, -0.05) is 41.1 Å². The smallest absolute Gasteiger partial charge is 0.257 e. The van der Waals surface area contributed by atoms with Gasteiger partial charge in [0, 0.05) is 10.0 Å². The highest BCUT2D eigenvalue weighted by Gasteiger charge is 2.19. The summed E-state index contributed by atoms with van der Waals surface area (Å²) in [5.74, 6) is 1.78. The molecule has 0 fully saturated rings. The lowest BCUT2D eigenvalue weighted by atomic mass is 10.2. The van der Waals surface area contributed by atoms with Crippen LogP contribution in [0.2, 0.25) is 0 Å². The average Bonchev–Trinajstić information content (AvgIpc) is 3.04. The molecule has 0 aliphatic carbocycles. The zero-order chi connectivity index (χ0) is 15.4. The van der Waals surface area contributed by atoms with Crippen LogP contribution in [-0.2, 0) is 0 Å². The maximum Gasteiger partial charge on any atom is 0.257 e. The van der Waals surface area contributed by atoms with E-state index >= 15 is 0 Å². The fourth-order valence-electron chi connectivity index (χ4n) is 2.05. The summed E-state index contributed by atoms with van der Waals surface area (Å²) in [6.07, 6.45) is 0.496. The van der Waals surface area contributed by atoms with Crippen LogP contribution in [-0.4, -0.2) is 10.2 Å². The van der Waals surface area contributed by atoms with Gasteiger partial charge in [0.15, 0.2) is 6.10 Å². The molecule has 1 aromatic heterocycles. The Labute approximate surface area is 137 Å². The first kappa shape index (κ1) is 14.8. The molecule has 22 heavy (non-hydrogen) atoms. The van der Waals surface area contributed by atoms with Crippen LogP contribution in [0.15, 0.2) is 63.5 Å². The monoisotopic (exact) mass is 358 g/mol. The molecule has 0 radical (unpaired) electrons. The lowest BCUT2D eigenvalue weighted by molar-refractivity contribution is 0.166. The SMILES string of the molecule is CCC(Oc1ccccc1)c1nnc(-c2ccc(Br)cc2)o1. The quantitative estimate of drug-likeness (QED) is 0.641. The predicted molar refractivity (Wildman–Crippen MR) is 87.5 cm³/mol. The molecule has 0 N–H and O–H groups in total. The maximum absolute atomic E-state index is 5.91. The number of para-hydroxylation sites is 1. The Balaban J connectivity index is 1.80. The van der Waals surface area contributed by atoms with Crippen LogP contribution in [0.4, 0.5) is 0 Å². The third kappa shape index (κ3) is 3.36. The fourth-order valence-corrected chi connectivity index (χ4v) is 2.31. The molecule has 0 aliphatic rings. The van der Waals surface area contributed by atoms with Crippen LogP contribution in [0.3, 0.4) is 0 Å². The van der Waals surface area contributed by atoms with E-state index in [2.05, 4.69) is 26.1 Å². The lowest BCUT2D eigenvalue weighted by Gasteiger charge is -2.13. The van der Waals surface area contributed by atoms with Crippen LogP contribution < -0.4 is 4.74 Å². The third-order valence-electron chi connectivity index (χ3n) is 3.20. The number of rotatable bonds is 5. The molecule has 0 saturated heterocycles. The summed E-state index contributed by atoms with van der Waals surface area (Å²) in [5, 5.41) is 8.24. The average molecular weight is 359 g/mol. The van der Waals surface area contributed by atoms with Crippen molar-refractivity contribution < 1.29 is 9.15 Å². The Bertz CT molecular complexity index is 726. The Morgan fingerprint density at radius 2 is 1.77 bits per heavy atom. The second-order valence-electron chi connectivity index (χ2n) is 4.78. The Kier molecular flexibility index (Phi) is 4.53. The first-order valence-corrected chi connectivity index (χ1v) is 7.86. The number of hydrogen-bond donors (Lipinski definition) is 0. The van der Waals surface area contributed by atoms with Crippen molar-refractivity contribution in [1.29, 1.82) is 0 Å². The molecule has 0 aliphatic heterocycles. The van der Waals surface area contributed by atoms with Crippen molar-refractivity contribution in [3.63, 3.8) is 0 Å². The molecule has 1 heterocycles. The summed E-state index contributed by atoms with van der Waals surface area (Å²) >= 11 is 3.41. The highest BCUT2D eigenvalue weighted by atomic mass is 79.9. The summed E-state index contributed by atoms with van der Waals surface area (Å²) in [6, 6.07) is 17.4. The minimum atomic E-state index is -0.251. The second-order valence-corrected chi connectivity index (χ2v) is 5.70. The summed E-state index contributed by atoms with van der Waals surface area (Å²) in [6.45, 7) is 2.02. The molecule has 3 rings (SSSR count). The Hall–Kier alpha value is -2.14. The molecule has 2 aromatic carbocycles. The highest BCUT2D eigenvalue weighted by molar-refractivity contribution is 9.10. The van der Waals surface area contributed by atoms with Crippen molar-refractivity contribution in [3.8, 4) is 17.2 Å². The third-order valence-corrected chi connectivity index (χ3v) is 3.73. The topological polar surface area (TPSA) is 48.2 Å². The molecule has 0 spiro atoms. The largest absolute Gasteiger partial charge is 0.481 e. The highest BCUT2D eigenvalue weighted by Crippen LogP contribution is 2.27. The van der Waals surface area contributed by atoms with Crippen molar-refractivity contribution in [1.82, 2.24) is 10.2 Å². The second kappa shape index (κ2) is 6.75. The minimum Gasteiger partial charge on any atom is -0.481 e. The van der Waals surface area contributed by atoms with Gasteiger partial charge in [-0.15, -0.1) is 10.2 Å². The Morgan fingerprint density at radius 1 is 1.05 bits per heavy atom. The first-order chi connectivity index (χ1) is 10.8. The fraction of sp³-hybridized carbons (Fsp3) is 0.176. The molecule has 112 valence electrons. The Morgan fingerprint density at radius 3 is 2.45 bits per heavy atom. The molecular formula is C17H15BrN2O2. The summed E-state index contributed by atoms with van der Waals surface area (Å²) in [7, 11) is 0. The first-order valence-electron chi connectivity index (χ1n) is 7.07. The zero-order valence-electron chi connectivity index (χ0n) is 12.1. The number of benzene rings is 2. The zero-order valence-corrected chi connectivity index (χ0v) is 13.7. The van der Waals surface area contributed by atoms with Gasteiger partial charge in [0.2, 0.25) is 5.89 Å². The molecule has 4 nitrogen and oxygen atoms in total. The van der Waals surface area contributed by atoms with E-state index in [0.29, 0.717) is 11.8 Å². The van der Waals surface area contributed by atoms with Crippen molar-refractivity contribution >= 4 is 15.9 Å². The van der Waals surface area contributed by atoms with Crippen LogP contribution >= 0.6 is 15.9 Å². The van der Waals surface area contributed by atoms with Gasteiger partial charge < -0.3 is 9.15 Å². The molecular weight excluding hydrogens is 344 g/mol. The summed E-state index contributed by atoms with van der Waals surface area (Å²) in [4.78, 5) is 0. The van der Waals surface area contributed by atoms with Gasteiger partial charge in [-0.3, -0.25) is 0 Å². The van der Waals surface area contributed by atoms with E-state index in [-0.39, 0.29) is 6.10 Å². The minimum absolute atomic E-state index is 0.251. The number of ether oxygens (including phenoxy) is 1. The number of nitrogens with zero attached hydrogens (tertiary/aromatic N) is 2. The summed E-state index contributed by atoms with van der Waals surface area (Å²) < 4.78 is 12.7. The molecule has 0 amide bonds. The number of aromatic nitrogens is 2. The normalized spacial score (nSPS) is 12.1. The summed E-state index contributed by atoms with van der Waals surface area (Å²) in [5.41, 5.74) is 0.886. The van der Waals surface area contributed by atoms with E-state index in [1.54, 1.807) is 0 Å². The van der Waals surface area contributed by atoms with E-state index in [4.69, 9.17) is 9.15 Å². The van der Waals surface area contributed by atoms with Crippen LogP contribution in [0.25, 0.3) is 11.5 Å². The van der Waals surface area contributed by atoms with Crippen molar-refractivity contribution in [2.45, 2.75) is 19.4 Å². The maximum atomic E-state index is 5.91. The molecule has 1 atom stereocenters. The lowest BCUT2D eigenvalue weighted by Crippen LogP contribution is -2.06. The molecule has 0 saturated carbocycles. The number of hydrogen-bond acceptors (Lipinski definition) is 4. The molecule has 1 unspecified atom stereocenters. The van der Waals surface area contributed by atoms with E-state index in [0.717, 1.165) is 22.2 Å². The van der Waals surface area contributed by atoms with Gasteiger partial charge in [0.25, 0.3) is 5.89 Å². The predicted octanol–water partition coefficient (Wildman–Crippen LogP) is 5.03. The van der Waals surface area contributed by atoms with Gasteiger partial charge >= 0.3 is 0 Å². The van der Waals surface area contributed by atoms with E-state index in [1.165, 1.54) is 0 Å². The van der Waals surface area contributed by atoms with E-state index < -0.39 is 0 Å². The van der Waals surface area contributed by atoms with Crippen LogP contribution in [0.1, 0.15) is 25.3 Å². The van der Waals surface area contributed by atoms with Gasteiger partial charge in [0.05, 0.1) is 0 Å². The van der Waals surface area contributed by atoms with Crippen molar-refractivity contribution in [3.05, 3.63) is 65.0 Å². The van der Waals surface area contributed by atoms with E-state index in [1.807, 2.05) is 61.5 Å². The van der Waals surface area contributed by atoms with Crippen molar-refractivity contribution in [2.75, 3.05) is 0 Å². The van der Waals surface area contributed by atoms with E-state index in [9.17, 15) is 0 Å². The molecule has 3 aromatic rings. The van der Waals surface area contributed by atoms with Crippen molar-refractivity contribution in [2.24, 2.45) is 0 Å².